The summed E-state index contributed by atoms with van der Waals surface area (Å²) in [5.74, 6) is 0.141. The highest BCUT2D eigenvalue weighted by Crippen LogP contribution is 2.51. The van der Waals surface area contributed by atoms with Crippen molar-refractivity contribution in [3.8, 4) is 0 Å². The third-order valence-electron chi connectivity index (χ3n) is 4.53. The van der Waals surface area contributed by atoms with Crippen molar-refractivity contribution in [1.82, 2.24) is 9.78 Å². The average molecular weight is 331 g/mol. The molecular weight excluding hydrogens is 316 g/mol. The van der Waals surface area contributed by atoms with Crippen LogP contribution in [0.25, 0.3) is 0 Å². The molecule has 1 spiro atoms. The molecule has 0 unspecified atom stereocenters. The predicted octanol–water partition coefficient (Wildman–Crippen LogP) is 2.70. The highest BCUT2D eigenvalue weighted by atomic mass is 35.5. The van der Waals surface area contributed by atoms with Crippen molar-refractivity contribution in [1.29, 1.82) is 0 Å². The number of amides is 2. The first-order chi connectivity index (χ1) is 10.9. The van der Waals surface area contributed by atoms with Crippen molar-refractivity contribution in [2.24, 2.45) is 0 Å². The number of anilines is 2. The smallest absolute Gasteiger partial charge is 0.240 e. The maximum Gasteiger partial charge on any atom is 0.240 e. The van der Waals surface area contributed by atoms with Gasteiger partial charge >= 0.3 is 0 Å². The van der Waals surface area contributed by atoms with Crippen LogP contribution in [-0.2, 0) is 15.0 Å². The average Bonchev–Trinajstić information content (AvgIpc) is 3.02. The summed E-state index contributed by atoms with van der Waals surface area (Å²) in [6.45, 7) is 3.94. The Balaban J connectivity index is 2.03. The Morgan fingerprint density at radius 1 is 1.26 bits per heavy atom. The van der Waals surface area contributed by atoms with Gasteiger partial charge in [0.15, 0.2) is 0 Å². The summed E-state index contributed by atoms with van der Waals surface area (Å²) in [5.41, 5.74) is 0.959. The molecule has 118 valence electrons. The lowest BCUT2D eigenvalue weighted by atomic mass is 9.72. The fourth-order valence-electron chi connectivity index (χ4n) is 3.50. The molecule has 4 rings (SSSR count). The van der Waals surface area contributed by atoms with Gasteiger partial charge in [-0.15, -0.1) is 0 Å². The Morgan fingerprint density at radius 3 is 2.78 bits per heavy atom. The monoisotopic (exact) mass is 330 g/mol. The molecule has 1 atom stereocenters. The summed E-state index contributed by atoms with van der Waals surface area (Å²) in [7, 11) is 0. The van der Waals surface area contributed by atoms with Crippen LogP contribution < -0.4 is 10.6 Å². The van der Waals surface area contributed by atoms with E-state index < -0.39 is 5.41 Å². The number of fused-ring (bicyclic) bond motifs is 4. The van der Waals surface area contributed by atoms with Gasteiger partial charge in [-0.3, -0.25) is 9.59 Å². The number of benzene rings is 1. The summed E-state index contributed by atoms with van der Waals surface area (Å²) in [4.78, 5) is 25.2. The van der Waals surface area contributed by atoms with Gasteiger partial charge in [0.2, 0.25) is 11.8 Å². The van der Waals surface area contributed by atoms with E-state index in [1.54, 1.807) is 23.0 Å². The van der Waals surface area contributed by atoms with Crippen LogP contribution in [-0.4, -0.2) is 21.6 Å². The number of hydrogen-bond donors (Lipinski definition) is 2. The zero-order valence-electron chi connectivity index (χ0n) is 12.7. The summed E-state index contributed by atoms with van der Waals surface area (Å²) in [6.07, 6.45) is 1.72. The lowest BCUT2D eigenvalue weighted by Crippen LogP contribution is -2.43. The molecule has 6 nitrogen and oxygen atoms in total. The zero-order chi connectivity index (χ0) is 16.4. The largest absolute Gasteiger partial charge is 0.323 e. The number of halogens is 1. The summed E-state index contributed by atoms with van der Waals surface area (Å²) in [5, 5.41) is 10.5. The predicted molar refractivity (Wildman–Crippen MR) is 86.7 cm³/mol. The Kier molecular flexibility index (Phi) is 2.84. The first-order valence-electron chi connectivity index (χ1n) is 7.43. The van der Waals surface area contributed by atoms with Crippen molar-refractivity contribution in [3.05, 3.63) is 40.5 Å². The number of carbonyl (C=O) groups excluding carboxylic acids is 2. The van der Waals surface area contributed by atoms with Crippen molar-refractivity contribution in [2.45, 2.75) is 31.7 Å². The first-order valence-corrected chi connectivity index (χ1v) is 7.81. The van der Waals surface area contributed by atoms with Gasteiger partial charge < -0.3 is 10.6 Å². The second kappa shape index (κ2) is 4.58. The van der Waals surface area contributed by atoms with Crippen LogP contribution in [0.1, 0.15) is 37.4 Å². The molecule has 1 aromatic carbocycles. The van der Waals surface area contributed by atoms with Gasteiger partial charge in [0.05, 0.1) is 16.9 Å². The third kappa shape index (κ3) is 1.72. The van der Waals surface area contributed by atoms with Crippen molar-refractivity contribution < 1.29 is 9.59 Å². The summed E-state index contributed by atoms with van der Waals surface area (Å²) < 4.78 is 1.73. The summed E-state index contributed by atoms with van der Waals surface area (Å²) >= 11 is 6.22. The van der Waals surface area contributed by atoms with Crippen LogP contribution >= 0.6 is 11.6 Å². The van der Waals surface area contributed by atoms with Crippen LogP contribution in [0.4, 0.5) is 11.5 Å². The normalized spacial score (nSPS) is 22.1. The molecule has 0 fully saturated rings. The Labute approximate surface area is 137 Å². The van der Waals surface area contributed by atoms with E-state index in [1.165, 1.54) is 0 Å². The maximum absolute atomic E-state index is 12.9. The lowest BCUT2D eigenvalue weighted by molar-refractivity contribution is -0.125. The van der Waals surface area contributed by atoms with Gasteiger partial charge in [-0.1, -0.05) is 23.7 Å². The van der Waals surface area contributed by atoms with Crippen molar-refractivity contribution in [2.75, 3.05) is 10.6 Å². The van der Waals surface area contributed by atoms with E-state index in [1.807, 2.05) is 19.9 Å². The minimum absolute atomic E-state index is 0.0446. The topological polar surface area (TPSA) is 76.0 Å². The molecule has 2 N–H and O–H groups in total. The fraction of sp³-hybridized carbons (Fsp3) is 0.312. The molecule has 0 saturated heterocycles. The number of carbonyl (C=O) groups is 2. The van der Waals surface area contributed by atoms with E-state index in [2.05, 4.69) is 15.7 Å². The number of aromatic nitrogens is 2. The molecule has 1 aromatic heterocycles. The Morgan fingerprint density at radius 2 is 2.04 bits per heavy atom. The highest BCUT2D eigenvalue weighted by molar-refractivity contribution is 6.35. The third-order valence-corrected chi connectivity index (χ3v) is 4.84. The van der Waals surface area contributed by atoms with E-state index in [4.69, 9.17) is 11.6 Å². The quantitative estimate of drug-likeness (QED) is 0.844. The molecule has 0 aliphatic carbocycles. The van der Waals surface area contributed by atoms with Gasteiger partial charge in [0.1, 0.15) is 11.2 Å². The highest BCUT2D eigenvalue weighted by Gasteiger charge is 2.54. The molecule has 0 bridgehead atoms. The molecule has 7 heteroatoms. The van der Waals surface area contributed by atoms with E-state index >= 15 is 0 Å². The Hall–Kier alpha value is -2.34. The van der Waals surface area contributed by atoms with Gasteiger partial charge in [-0.05, 0) is 25.5 Å². The van der Waals surface area contributed by atoms with Crippen LogP contribution in [0.15, 0.2) is 24.4 Å². The second-order valence-corrected chi connectivity index (χ2v) is 6.60. The molecule has 3 heterocycles. The minimum atomic E-state index is -1.06. The van der Waals surface area contributed by atoms with E-state index in [9.17, 15) is 9.59 Å². The minimum Gasteiger partial charge on any atom is -0.323 e. The van der Waals surface area contributed by atoms with Gasteiger partial charge in [-0.25, -0.2) is 4.68 Å². The zero-order valence-corrected chi connectivity index (χ0v) is 13.4. The van der Waals surface area contributed by atoms with Gasteiger partial charge in [0, 0.05) is 18.0 Å². The standard InChI is InChI=1S/C16H15ClN4O2/c1-8(2)21-14-10(7-18-21)16(6-12(22)19-14)9-4-3-5-11(17)13(9)20-15(16)23/h3-5,7-8H,6H2,1-2H3,(H,19,22)(H,20,23)/t16-/m0/s1. The maximum atomic E-state index is 12.9. The van der Waals surface area contributed by atoms with E-state index in [0.717, 1.165) is 5.56 Å². The number of para-hydroxylation sites is 1. The molecule has 0 radical (unpaired) electrons. The Bertz CT molecular complexity index is 858. The van der Waals surface area contributed by atoms with Crippen molar-refractivity contribution >= 4 is 34.9 Å². The number of nitrogens with one attached hydrogen (secondary N) is 2. The first kappa shape index (κ1) is 14.3. The molecule has 2 aliphatic heterocycles. The molecule has 2 aliphatic rings. The van der Waals surface area contributed by atoms with E-state index in [-0.39, 0.29) is 24.3 Å². The molecule has 2 amide bonds. The van der Waals surface area contributed by atoms with E-state index in [0.29, 0.717) is 22.1 Å². The summed E-state index contributed by atoms with van der Waals surface area (Å²) in [6, 6.07) is 5.43. The van der Waals surface area contributed by atoms with Gasteiger partial charge in [0.25, 0.3) is 0 Å². The van der Waals surface area contributed by atoms with Crippen molar-refractivity contribution in [3.63, 3.8) is 0 Å². The molecule has 0 saturated carbocycles. The molecular formula is C16H15ClN4O2. The fourth-order valence-corrected chi connectivity index (χ4v) is 3.72. The van der Waals surface area contributed by atoms with Crippen LogP contribution in [0.2, 0.25) is 5.02 Å². The SMILES string of the molecule is CC(C)n1ncc2c1NC(=O)C[C@@]21C(=O)Nc2c(Cl)cccc21. The molecule has 23 heavy (non-hydrogen) atoms. The van der Waals surface area contributed by atoms with Gasteiger partial charge in [-0.2, -0.15) is 5.10 Å². The number of hydrogen-bond acceptors (Lipinski definition) is 3. The lowest BCUT2D eigenvalue weighted by Gasteiger charge is -2.32. The van der Waals surface area contributed by atoms with Crippen LogP contribution in [0, 0.1) is 0 Å². The second-order valence-electron chi connectivity index (χ2n) is 6.19. The number of rotatable bonds is 1. The number of nitrogens with zero attached hydrogens (tertiary/aromatic N) is 2. The van der Waals surface area contributed by atoms with Crippen LogP contribution in [0.5, 0.6) is 0 Å². The van der Waals surface area contributed by atoms with Crippen LogP contribution in [0.3, 0.4) is 0 Å². The molecule has 2 aromatic rings.